The number of carboxylic acid groups (broad SMARTS) is 2. The Morgan fingerprint density at radius 3 is 2.00 bits per heavy atom. The summed E-state index contributed by atoms with van der Waals surface area (Å²) in [5, 5.41) is 18.0. The molecule has 0 saturated carbocycles. The van der Waals surface area contributed by atoms with E-state index >= 15 is 0 Å². The monoisotopic (exact) mass is 378 g/mol. The smallest absolute Gasteiger partial charge is 0.407 e. The minimum Gasteiger partial charge on any atom is -0.481 e. The van der Waals surface area contributed by atoms with Gasteiger partial charge in [0, 0.05) is 38.5 Å². The van der Waals surface area contributed by atoms with Crippen molar-refractivity contribution in [1.82, 2.24) is 9.80 Å². The van der Waals surface area contributed by atoms with Crippen molar-refractivity contribution in [3.05, 3.63) is 0 Å². The number of carbonyl (C=O) groups is 3. The Hall–Kier alpha value is -1.60. The van der Waals surface area contributed by atoms with Gasteiger partial charge in [-0.15, -0.1) is 0 Å². The first kappa shape index (κ1) is 21.4. The molecule has 9 nitrogen and oxygen atoms in total. The number of piperazine rings is 1. The molecule has 0 aromatic rings. The molecule has 25 heavy (non-hydrogen) atoms. The summed E-state index contributed by atoms with van der Waals surface area (Å²) in [5.74, 6) is -2.53. The highest BCUT2D eigenvalue weighted by atomic mass is 31.2. The Morgan fingerprint density at radius 2 is 1.56 bits per heavy atom. The van der Waals surface area contributed by atoms with Crippen molar-refractivity contribution in [2.75, 3.05) is 38.5 Å². The molecular formula is C15H27N2O7P. The highest BCUT2D eigenvalue weighted by Crippen LogP contribution is 2.44. The summed E-state index contributed by atoms with van der Waals surface area (Å²) in [6.45, 7) is 4.44. The second kappa shape index (κ2) is 9.20. The van der Waals surface area contributed by atoms with E-state index in [9.17, 15) is 23.8 Å². The van der Waals surface area contributed by atoms with Crippen LogP contribution in [-0.2, 0) is 14.2 Å². The van der Waals surface area contributed by atoms with Crippen LogP contribution in [-0.4, -0.2) is 81.4 Å². The van der Waals surface area contributed by atoms with Gasteiger partial charge in [-0.1, -0.05) is 13.8 Å². The third-order valence-corrected chi connectivity index (χ3v) is 6.16. The van der Waals surface area contributed by atoms with Gasteiger partial charge >= 0.3 is 12.1 Å². The maximum absolute atomic E-state index is 12.6. The van der Waals surface area contributed by atoms with E-state index in [-0.39, 0.29) is 44.4 Å². The molecule has 0 radical (unpaired) electrons. The molecule has 10 heteroatoms. The molecule has 0 aromatic carbocycles. The van der Waals surface area contributed by atoms with Gasteiger partial charge in [-0.2, -0.15) is 0 Å². The number of hydrogen-bond acceptors (Lipinski definition) is 4. The quantitative estimate of drug-likeness (QED) is 0.540. The van der Waals surface area contributed by atoms with Gasteiger partial charge in [-0.05, 0) is 12.3 Å². The second-order valence-corrected chi connectivity index (χ2v) is 9.33. The van der Waals surface area contributed by atoms with Crippen molar-refractivity contribution in [3.63, 3.8) is 0 Å². The average molecular weight is 378 g/mol. The van der Waals surface area contributed by atoms with Crippen LogP contribution in [0.4, 0.5) is 4.79 Å². The minimum atomic E-state index is -3.61. The molecule has 0 bridgehead atoms. The fraction of sp³-hybridized carbons (Fsp3) is 0.800. The van der Waals surface area contributed by atoms with Crippen LogP contribution in [0.3, 0.4) is 0 Å². The molecule has 2 unspecified atom stereocenters. The number of nitrogens with zero attached hydrogens (tertiary/aromatic N) is 2. The Kier molecular flexibility index (Phi) is 7.89. The Bertz CT molecular complexity index is 544. The van der Waals surface area contributed by atoms with Crippen LogP contribution in [0.5, 0.6) is 0 Å². The summed E-state index contributed by atoms with van der Waals surface area (Å²) < 4.78 is 12.3. The zero-order valence-corrected chi connectivity index (χ0v) is 15.5. The highest BCUT2D eigenvalue weighted by molar-refractivity contribution is 7.58. The fourth-order valence-electron chi connectivity index (χ4n) is 2.71. The van der Waals surface area contributed by atoms with E-state index in [4.69, 9.17) is 10.2 Å². The highest BCUT2D eigenvalue weighted by Gasteiger charge is 2.34. The van der Waals surface area contributed by atoms with Crippen molar-refractivity contribution >= 4 is 25.3 Å². The van der Waals surface area contributed by atoms with Crippen LogP contribution < -0.4 is 0 Å². The number of carbonyl (C=O) groups excluding carboxylic acids is 1. The summed E-state index contributed by atoms with van der Waals surface area (Å²) >= 11 is 0. The topological polar surface area (TPSA) is 135 Å². The van der Waals surface area contributed by atoms with Gasteiger partial charge in [0.1, 0.15) is 0 Å². The van der Waals surface area contributed by atoms with E-state index in [1.807, 2.05) is 13.8 Å². The van der Waals surface area contributed by atoms with Gasteiger partial charge in [0.2, 0.25) is 13.3 Å². The molecule has 3 N–H and O–H groups in total. The normalized spacial score (nSPS) is 18.7. The maximum atomic E-state index is 12.6. The number of hydrogen-bond donors (Lipinski definition) is 3. The van der Waals surface area contributed by atoms with Crippen molar-refractivity contribution in [2.24, 2.45) is 11.8 Å². The summed E-state index contributed by atoms with van der Waals surface area (Å²) in [5.41, 5.74) is 0. The predicted molar refractivity (Wildman–Crippen MR) is 90.9 cm³/mol. The molecule has 0 spiro atoms. The molecule has 2 atom stereocenters. The van der Waals surface area contributed by atoms with Gasteiger partial charge in [-0.25, -0.2) is 4.79 Å². The molecule has 0 aliphatic carbocycles. The van der Waals surface area contributed by atoms with Crippen LogP contribution in [0.2, 0.25) is 0 Å². The fourth-order valence-corrected chi connectivity index (χ4v) is 4.79. The summed E-state index contributed by atoms with van der Waals surface area (Å²) in [6, 6.07) is 0. The summed E-state index contributed by atoms with van der Waals surface area (Å²) in [6.07, 6.45) is -1.35. The molecule has 1 aliphatic rings. The van der Waals surface area contributed by atoms with E-state index < -0.39 is 37.7 Å². The third-order valence-electron chi connectivity index (χ3n) is 4.19. The average Bonchev–Trinajstić information content (AvgIpc) is 2.51. The Balaban J connectivity index is 2.74. The van der Waals surface area contributed by atoms with E-state index in [0.29, 0.717) is 6.42 Å². The second-order valence-electron chi connectivity index (χ2n) is 6.82. The summed E-state index contributed by atoms with van der Waals surface area (Å²) in [4.78, 5) is 47.2. The number of aliphatic carboxylic acids is 1. The van der Waals surface area contributed by atoms with E-state index in [0.717, 1.165) is 0 Å². The zero-order chi connectivity index (χ0) is 19.2. The largest absolute Gasteiger partial charge is 0.481 e. The van der Waals surface area contributed by atoms with Crippen molar-refractivity contribution in [1.29, 1.82) is 0 Å². The van der Waals surface area contributed by atoms with Crippen LogP contribution in [0, 0.1) is 11.8 Å². The van der Waals surface area contributed by atoms with Crippen LogP contribution in [0.15, 0.2) is 0 Å². The molecular weight excluding hydrogens is 351 g/mol. The molecule has 1 saturated heterocycles. The van der Waals surface area contributed by atoms with Crippen molar-refractivity contribution < 1.29 is 34.1 Å². The molecule has 0 aromatic heterocycles. The first-order valence-corrected chi connectivity index (χ1v) is 10.3. The van der Waals surface area contributed by atoms with Crippen LogP contribution in [0.1, 0.15) is 26.7 Å². The molecule has 144 valence electrons. The Morgan fingerprint density at radius 1 is 1.04 bits per heavy atom. The minimum absolute atomic E-state index is 0.0564. The molecule has 1 heterocycles. The third kappa shape index (κ3) is 7.44. The summed E-state index contributed by atoms with van der Waals surface area (Å²) in [7, 11) is -3.61. The van der Waals surface area contributed by atoms with Crippen molar-refractivity contribution in [2.45, 2.75) is 26.7 Å². The lowest BCUT2D eigenvalue weighted by Gasteiger charge is -2.35. The first-order valence-electron chi connectivity index (χ1n) is 8.31. The number of amides is 2. The van der Waals surface area contributed by atoms with Gasteiger partial charge in [-0.3, -0.25) is 14.2 Å². The van der Waals surface area contributed by atoms with Gasteiger partial charge < -0.3 is 24.9 Å². The van der Waals surface area contributed by atoms with Crippen LogP contribution >= 0.6 is 7.37 Å². The molecule has 1 rings (SSSR count). The first-order chi connectivity index (χ1) is 11.5. The van der Waals surface area contributed by atoms with Crippen molar-refractivity contribution in [3.8, 4) is 0 Å². The molecule has 1 fully saturated rings. The Labute approximate surface area is 147 Å². The van der Waals surface area contributed by atoms with E-state index in [1.165, 1.54) is 9.80 Å². The van der Waals surface area contributed by atoms with Crippen LogP contribution in [0.25, 0.3) is 0 Å². The van der Waals surface area contributed by atoms with E-state index in [1.54, 1.807) is 0 Å². The van der Waals surface area contributed by atoms with Gasteiger partial charge in [0.05, 0.1) is 12.3 Å². The maximum Gasteiger partial charge on any atom is 0.407 e. The lowest BCUT2D eigenvalue weighted by molar-refractivity contribution is -0.144. The number of rotatable bonds is 8. The van der Waals surface area contributed by atoms with Gasteiger partial charge in [0.25, 0.3) is 0 Å². The standard InChI is InChI=1S/C15H27N2O7P/c1-11(2)3-8-25(23,24)10-12(9-13(18)19)14(20)16-4-6-17(7-5-16)15(21)22/h11-12H,3-10H2,1-2H3,(H,18,19)(H,21,22)(H,23,24). The molecule has 2 amide bonds. The van der Waals surface area contributed by atoms with E-state index in [2.05, 4.69) is 0 Å². The zero-order valence-electron chi connectivity index (χ0n) is 14.6. The SMILES string of the molecule is CC(C)CCP(=O)(O)CC(CC(=O)O)C(=O)N1CCN(C(=O)O)CC1. The van der Waals surface area contributed by atoms with Gasteiger partial charge in [0.15, 0.2) is 0 Å². The molecule has 1 aliphatic heterocycles. The lowest BCUT2D eigenvalue weighted by Crippen LogP contribution is -2.52. The number of carboxylic acids is 1. The predicted octanol–water partition coefficient (Wildman–Crippen LogP) is 1.22. The lowest BCUT2D eigenvalue weighted by atomic mass is 10.1.